The van der Waals surface area contributed by atoms with Crippen LogP contribution < -0.4 is 0 Å². The zero-order valence-corrected chi connectivity index (χ0v) is 10.0. The first-order valence-corrected chi connectivity index (χ1v) is 5.86. The standard InChI is InChI=1S/C14H20O2/c1-11(2)10-13(14(15)16)9-8-12-6-4-3-5-7-12/h3-7,11,13H,8-10H2,1-2H3,(H,15,16). The summed E-state index contributed by atoms with van der Waals surface area (Å²) in [6, 6.07) is 10.1. The van der Waals surface area contributed by atoms with Gasteiger partial charge in [-0.15, -0.1) is 0 Å². The molecule has 0 fully saturated rings. The van der Waals surface area contributed by atoms with Crippen LogP contribution in [0.25, 0.3) is 0 Å². The summed E-state index contributed by atoms with van der Waals surface area (Å²) in [5.41, 5.74) is 1.22. The molecule has 0 heterocycles. The van der Waals surface area contributed by atoms with E-state index in [1.54, 1.807) is 0 Å². The predicted octanol–water partition coefficient (Wildman–Crippen LogP) is 3.37. The van der Waals surface area contributed by atoms with E-state index in [1.165, 1.54) is 5.56 Å². The van der Waals surface area contributed by atoms with Gasteiger partial charge in [0.25, 0.3) is 0 Å². The lowest BCUT2D eigenvalue weighted by Gasteiger charge is -2.14. The van der Waals surface area contributed by atoms with Crippen molar-refractivity contribution in [1.82, 2.24) is 0 Å². The molecule has 0 spiro atoms. The van der Waals surface area contributed by atoms with Crippen molar-refractivity contribution >= 4 is 5.97 Å². The minimum absolute atomic E-state index is 0.208. The third-order valence-corrected chi connectivity index (χ3v) is 2.73. The van der Waals surface area contributed by atoms with Gasteiger partial charge in [0.15, 0.2) is 0 Å². The Hall–Kier alpha value is -1.31. The third kappa shape index (κ3) is 4.47. The molecular weight excluding hydrogens is 200 g/mol. The van der Waals surface area contributed by atoms with Crippen molar-refractivity contribution in [3.63, 3.8) is 0 Å². The average molecular weight is 220 g/mol. The molecule has 1 N–H and O–H groups in total. The Morgan fingerprint density at radius 3 is 2.38 bits per heavy atom. The van der Waals surface area contributed by atoms with Crippen LogP contribution in [0.3, 0.4) is 0 Å². The number of carbonyl (C=O) groups is 1. The molecule has 1 atom stereocenters. The molecule has 0 aliphatic carbocycles. The molecule has 1 rings (SSSR count). The van der Waals surface area contributed by atoms with E-state index in [9.17, 15) is 4.79 Å². The molecule has 0 aliphatic heterocycles. The van der Waals surface area contributed by atoms with E-state index in [0.717, 1.165) is 19.3 Å². The molecule has 2 nitrogen and oxygen atoms in total. The summed E-state index contributed by atoms with van der Waals surface area (Å²) < 4.78 is 0. The van der Waals surface area contributed by atoms with Gasteiger partial charge in [0.2, 0.25) is 0 Å². The lowest BCUT2D eigenvalue weighted by atomic mass is 9.91. The molecular formula is C14H20O2. The van der Waals surface area contributed by atoms with Gasteiger partial charge in [-0.05, 0) is 30.7 Å². The maximum atomic E-state index is 11.1. The fourth-order valence-electron chi connectivity index (χ4n) is 1.90. The molecule has 2 heteroatoms. The van der Waals surface area contributed by atoms with Crippen molar-refractivity contribution in [2.75, 3.05) is 0 Å². The van der Waals surface area contributed by atoms with Crippen molar-refractivity contribution in [2.45, 2.75) is 33.1 Å². The molecule has 1 aromatic rings. The molecule has 16 heavy (non-hydrogen) atoms. The average Bonchev–Trinajstić information content (AvgIpc) is 2.25. The second-order valence-corrected chi connectivity index (χ2v) is 4.69. The maximum Gasteiger partial charge on any atom is 0.306 e. The van der Waals surface area contributed by atoms with E-state index in [1.807, 2.05) is 30.3 Å². The summed E-state index contributed by atoms with van der Waals surface area (Å²) in [5.74, 6) is -0.429. The van der Waals surface area contributed by atoms with Gasteiger partial charge < -0.3 is 5.11 Å². The van der Waals surface area contributed by atoms with Crippen LogP contribution in [0.1, 0.15) is 32.3 Å². The van der Waals surface area contributed by atoms with Crippen LogP contribution in [0, 0.1) is 11.8 Å². The second kappa shape index (κ2) is 6.31. The number of benzene rings is 1. The van der Waals surface area contributed by atoms with Gasteiger partial charge in [-0.1, -0.05) is 44.2 Å². The number of carboxylic acids is 1. The van der Waals surface area contributed by atoms with E-state index >= 15 is 0 Å². The Balaban J connectivity index is 2.47. The zero-order chi connectivity index (χ0) is 12.0. The smallest absolute Gasteiger partial charge is 0.306 e. The number of carboxylic acid groups (broad SMARTS) is 1. The maximum absolute atomic E-state index is 11.1. The summed E-state index contributed by atoms with van der Waals surface area (Å²) >= 11 is 0. The van der Waals surface area contributed by atoms with Crippen LogP contribution in [0.15, 0.2) is 30.3 Å². The quantitative estimate of drug-likeness (QED) is 0.798. The topological polar surface area (TPSA) is 37.3 Å². The summed E-state index contributed by atoms with van der Waals surface area (Å²) in [7, 11) is 0. The van der Waals surface area contributed by atoms with Crippen LogP contribution >= 0.6 is 0 Å². The lowest BCUT2D eigenvalue weighted by molar-refractivity contribution is -0.142. The SMILES string of the molecule is CC(C)CC(CCc1ccccc1)C(=O)O. The van der Waals surface area contributed by atoms with Crippen LogP contribution in [0.4, 0.5) is 0 Å². The van der Waals surface area contributed by atoms with Crippen molar-refractivity contribution in [3.8, 4) is 0 Å². The first-order valence-electron chi connectivity index (χ1n) is 5.86. The highest BCUT2D eigenvalue weighted by molar-refractivity contribution is 5.69. The van der Waals surface area contributed by atoms with Crippen LogP contribution in [0.2, 0.25) is 0 Å². The molecule has 0 bridgehead atoms. The van der Waals surface area contributed by atoms with Gasteiger partial charge in [-0.25, -0.2) is 0 Å². The van der Waals surface area contributed by atoms with E-state index in [4.69, 9.17) is 5.11 Å². The fourth-order valence-corrected chi connectivity index (χ4v) is 1.90. The van der Waals surface area contributed by atoms with Gasteiger partial charge >= 0.3 is 5.97 Å². The van der Waals surface area contributed by atoms with Crippen molar-refractivity contribution in [2.24, 2.45) is 11.8 Å². The number of hydrogen-bond acceptors (Lipinski definition) is 1. The first-order chi connectivity index (χ1) is 7.59. The van der Waals surface area contributed by atoms with Gasteiger partial charge in [0, 0.05) is 0 Å². The van der Waals surface area contributed by atoms with Crippen LogP contribution in [0.5, 0.6) is 0 Å². The Morgan fingerprint density at radius 1 is 1.25 bits per heavy atom. The number of hydrogen-bond donors (Lipinski definition) is 1. The Labute approximate surface area is 97.3 Å². The summed E-state index contributed by atoms with van der Waals surface area (Å²) in [5, 5.41) is 9.10. The molecule has 0 radical (unpaired) electrons. The van der Waals surface area contributed by atoms with Crippen molar-refractivity contribution in [1.29, 1.82) is 0 Å². The second-order valence-electron chi connectivity index (χ2n) is 4.69. The highest BCUT2D eigenvalue weighted by atomic mass is 16.4. The Bertz CT molecular complexity index is 317. The van der Waals surface area contributed by atoms with Gasteiger partial charge in [0.1, 0.15) is 0 Å². The Kier molecular flexibility index (Phi) is 5.03. The summed E-state index contributed by atoms with van der Waals surface area (Å²) in [4.78, 5) is 11.1. The molecule has 1 aromatic carbocycles. The first kappa shape index (κ1) is 12.8. The minimum atomic E-state index is -0.662. The fraction of sp³-hybridized carbons (Fsp3) is 0.500. The van der Waals surface area contributed by atoms with E-state index in [-0.39, 0.29) is 5.92 Å². The van der Waals surface area contributed by atoms with Gasteiger partial charge in [0.05, 0.1) is 5.92 Å². The summed E-state index contributed by atoms with van der Waals surface area (Å²) in [6.07, 6.45) is 2.35. The molecule has 0 saturated heterocycles. The molecule has 0 saturated carbocycles. The molecule has 1 unspecified atom stereocenters. The molecule has 88 valence electrons. The monoisotopic (exact) mass is 220 g/mol. The molecule has 0 aliphatic rings. The van der Waals surface area contributed by atoms with Crippen LogP contribution in [-0.2, 0) is 11.2 Å². The number of aliphatic carboxylic acids is 1. The number of rotatable bonds is 6. The number of aryl methyl sites for hydroxylation is 1. The molecule has 0 amide bonds. The van der Waals surface area contributed by atoms with E-state index in [2.05, 4.69) is 13.8 Å². The van der Waals surface area contributed by atoms with Gasteiger partial charge in [-0.3, -0.25) is 4.79 Å². The highest BCUT2D eigenvalue weighted by Crippen LogP contribution is 2.18. The van der Waals surface area contributed by atoms with E-state index in [0.29, 0.717) is 5.92 Å². The normalized spacial score (nSPS) is 12.7. The third-order valence-electron chi connectivity index (χ3n) is 2.73. The zero-order valence-electron chi connectivity index (χ0n) is 10.0. The predicted molar refractivity (Wildman–Crippen MR) is 65.3 cm³/mol. The van der Waals surface area contributed by atoms with Crippen molar-refractivity contribution in [3.05, 3.63) is 35.9 Å². The largest absolute Gasteiger partial charge is 0.481 e. The minimum Gasteiger partial charge on any atom is -0.481 e. The van der Waals surface area contributed by atoms with Crippen LogP contribution in [-0.4, -0.2) is 11.1 Å². The lowest BCUT2D eigenvalue weighted by Crippen LogP contribution is -2.16. The van der Waals surface area contributed by atoms with Crippen molar-refractivity contribution < 1.29 is 9.90 Å². The Morgan fingerprint density at radius 2 is 1.88 bits per heavy atom. The molecule has 0 aromatic heterocycles. The summed E-state index contributed by atoms with van der Waals surface area (Å²) in [6.45, 7) is 4.14. The highest BCUT2D eigenvalue weighted by Gasteiger charge is 2.18. The van der Waals surface area contributed by atoms with E-state index < -0.39 is 5.97 Å². The van der Waals surface area contributed by atoms with Gasteiger partial charge in [-0.2, -0.15) is 0 Å².